The van der Waals surface area contributed by atoms with Gasteiger partial charge < -0.3 is 4.74 Å². The second-order valence-electron chi connectivity index (χ2n) is 9.57. The third-order valence-electron chi connectivity index (χ3n) is 6.85. The van der Waals surface area contributed by atoms with E-state index in [2.05, 4.69) is 72.8 Å². The lowest BCUT2D eigenvalue weighted by atomic mass is 9.97. The lowest BCUT2D eigenvalue weighted by Crippen LogP contribution is -2.05. The van der Waals surface area contributed by atoms with Crippen LogP contribution in [0.15, 0.2) is 152 Å². The summed E-state index contributed by atoms with van der Waals surface area (Å²) in [7, 11) is 0. The second kappa shape index (κ2) is 11.6. The second-order valence-corrected chi connectivity index (χ2v) is 9.57. The van der Waals surface area contributed by atoms with Gasteiger partial charge in [-0.15, -0.1) is 0 Å². The number of esters is 1. The van der Waals surface area contributed by atoms with Gasteiger partial charge in [0, 0.05) is 11.1 Å². The van der Waals surface area contributed by atoms with Crippen LogP contribution in [0.3, 0.4) is 0 Å². The summed E-state index contributed by atoms with van der Waals surface area (Å²) >= 11 is 0. The van der Waals surface area contributed by atoms with Crippen molar-refractivity contribution < 1.29 is 9.53 Å². The number of hydrogen-bond donors (Lipinski definition) is 0. The molecular weight excluding hydrogens is 490 g/mol. The van der Waals surface area contributed by atoms with Crippen LogP contribution in [0.25, 0.3) is 44.8 Å². The van der Waals surface area contributed by atoms with Gasteiger partial charge in [-0.3, -0.25) is 0 Å². The van der Waals surface area contributed by atoms with Crippen LogP contribution in [0.4, 0.5) is 0 Å². The van der Waals surface area contributed by atoms with Gasteiger partial charge in [0.25, 0.3) is 0 Å². The summed E-state index contributed by atoms with van der Waals surface area (Å²) < 4.78 is 5.50. The fraction of sp³-hybridized carbons (Fsp3) is 0.0270. The van der Waals surface area contributed by atoms with Gasteiger partial charge in [0.1, 0.15) is 6.61 Å². The van der Waals surface area contributed by atoms with Crippen LogP contribution in [0, 0.1) is 0 Å². The molecule has 3 heteroatoms. The molecule has 0 atom stereocenters. The summed E-state index contributed by atoms with van der Waals surface area (Å²) in [6.07, 6.45) is 0. The third kappa shape index (κ3) is 5.74. The smallest absolute Gasteiger partial charge is 0.338 e. The molecule has 0 saturated heterocycles. The largest absolute Gasteiger partial charge is 0.457 e. The normalized spacial score (nSPS) is 10.7. The van der Waals surface area contributed by atoms with E-state index in [0.717, 1.165) is 39.2 Å². The van der Waals surface area contributed by atoms with Gasteiger partial charge in [0.15, 0.2) is 0 Å². The number of rotatable bonds is 7. The number of ether oxygens (including phenoxy) is 1. The summed E-state index contributed by atoms with van der Waals surface area (Å²) in [5.74, 6) is -0.347. The van der Waals surface area contributed by atoms with E-state index in [4.69, 9.17) is 9.72 Å². The monoisotopic (exact) mass is 517 g/mol. The standard InChI is InChI=1S/C37H27NO2/c39-37(40-26-27-10-4-1-5-11-27)33-22-20-32(21-23-33)36-25-34(24-35(38-36)31-14-8-3-9-15-31)30-18-16-29(17-19-30)28-12-6-2-7-13-28/h1-25H,26H2. The minimum Gasteiger partial charge on any atom is -0.457 e. The Morgan fingerprint density at radius 1 is 0.475 bits per heavy atom. The first kappa shape index (κ1) is 25.0. The molecule has 0 unspecified atom stereocenters. The summed E-state index contributed by atoms with van der Waals surface area (Å²) in [5.41, 5.74) is 9.74. The average Bonchev–Trinajstić information content (AvgIpc) is 3.05. The maximum atomic E-state index is 12.6. The molecule has 0 aliphatic heterocycles. The summed E-state index contributed by atoms with van der Waals surface area (Å²) in [4.78, 5) is 17.6. The van der Waals surface area contributed by atoms with Crippen molar-refractivity contribution in [2.24, 2.45) is 0 Å². The molecule has 0 aliphatic rings. The molecule has 0 radical (unpaired) electrons. The van der Waals surface area contributed by atoms with Crippen molar-refractivity contribution in [1.82, 2.24) is 4.98 Å². The van der Waals surface area contributed by atoms with Crippen LogP contribution >= 0.6 is 0 Å². The van der Waals surface area contributed by atoms with Crippen molar-refractivity contribution in [3.63, 3.8) is 0 Å². The maximum Gasteiger partial charge on any atom is 0.338 e. The predicted octanol–water partition coefficient (Wildman–Crippen LogP) is 9.11. The molecule has 1 aromatic heterocycles. The van der Waals surface area contributed by atoms with Crippen molar-refractivity contribution in [2.75, 3.05) is 0 Å². The highest BCUT2D eigenvalue weighted by Gasteiger charge is 2.12. The molecule has 0 fully saturated rings. The molecule has 6 rings (SSSR count). The molecule has 0 spiro atoms. The lowest BCUT2D eigenvalue weighted by Gasteiger charge is -2.11. The first-order chi connectivity index (χ1) is 19.7. The molecule has 192 valence electrons. The van der Waals surface area contributed by atoms with E-state index < -0.39 is 0 Å². The van der Waals surface area contributed by atoms with E-state index >= 15 is 0 Å². The quantitative estimate of drug-likeness (QED) is 0.198. The Hall–Kier alpha value is -5.28. The number of nitrogens with zero attached hydrogens (tertiary/aromatic N) is 1. The van der Waals surface area contributed by atoms with E-state index in [1.165, 1.54) is 11.1 Å². The third-order valence-corrected chi connectivity index (χ3v) is 6.85. The maximum absolute atomic E-state index is 12.6. The average molecular weight is 518 g/mol. The van der Waals surface area contributed by atoms with Crippen LogP contribution in [0.1, 0.15) is 15.9 Å². The summed E-state index contributed by atoms with van der Waals surface area (Å²) in [5, 5.41) is 0. The van der Waals surface area contributed by atoms with Crippen LogP contribution in [0.5, 0.6) is 0 Å². The molecule has 5 aromatic carbocycles. The Morgan fingerprint density at radius 2 is 0.900 bits per heavy atom. The van der Waals surface area contributed by atoms with E-state index in [1.54, 1.807) is 12.1 Å². The predicted molar refractivity (Wildman–Crippen MR) is 162 cm³/mol. The van der Waals surface area contributed by atoms with Gasteiger partial charge in [-0.25, -0.2) is 9.78 Å². The Balaban J connectivity index is 1.30. The summed E-state index contributed by atoms with van der Waals surface area (Å²) in [6.45, 7) is 0.245. The highest BCUT2D eigenvalue weighted by atomic mass is 16.5. The van der Waals surface area contributed by atoms with Crippen LogP contribution < -0.4 is 0 Å². The zero-order chi connectivity index (χ0) is 27.1. The Kier molecular flexibility index (Phi) is 7.27. The first-order valence-electron chi connectivity index (χ1n) is 13.3. The van der Waals surface area contributed by atoms with E-state index in [1.807, 2.05) is 66.7 Å². The van der Waals surface area contributed by atoms with E-state index in [9.17, 15) is 4.79 Å². The zero-order valence-corrected chi connectivity index (χ0v) is 21.9. The molecule has 0 saturated carbocycles. The molecule has 6 aromatic rings. The van der Waals surface area contributed by atoms with Crippen molar-refractivity contribution in [3.8, 4) is 44.8 Å². The highest BCUT2D eigenvalue weighted by molar-refractivity contribution is 5.90. The molecule has 40 heavy (non-hydrogen) atoms. The van der Waals surface area contributed by atoms with Gasteiger partial charge in [-0.05, 0) is 52.1 Å². The number of carbonyl (C=O) groups is 1. The number of pyridine rings is 1. The number of hydrogen-bond acceptors (Lipinski definition) is 3. The Labute approximate surface area is 234 Å². The first-order valence-corrected chi connectivity index (χ1v) is 13.3. The zero-order valence-electron chi connectivity index (χ0n) is 21.9. The van der Waals surface area contributed by atoms with Gasteiger partial charge in [0.2, 0.25) is 0 Å². The number of aromatic nitrogens is 1. The van der Waals surface area contributed by atoms with Gasteiger partial charge in [-0.1, -0.05) is 127 Å². The Morgan fingerprint density at radius 3 is 1.48 bits per heavy atom. The molecule has 1 heterocycles. The molecule has 0 aliphatic carbocycles. The van der Waals surface area contributed by atoms with Crippen LogP contribution in [-0.4, -0.2) is 11.0 Å². The van der Waals surface area contributed by atoms with Crippen molar-refractivity contribution in [2.45, 2.75) is 6.61 Å². The van der Waals surface area contributed by atoms with Crippen molar-refractivity contribution >= 4 is 5.97 Å². The summed E-state index contributed by atoms with van der Waals surface area (Å²) in [6, 6.07) is 50.6. The molecule has 0 N–H and O–H groups in total. The SMILES string of the molecule is O=C(OCc1ccccc1)c1ccc(-c2cc(-c3ccc(-c4ccccc4)cc3)cc(-c3ccccc3)n2)cc1. The van der Waals surface area contributed by atoms with Crippen LogP contribution in [-0.2, 0) is 11.3 Å². The van der Waals surface area contributed by atoms with E-state index in [-0.39, 0.29) is 12.6 Å². The van der Waals surface area contributed by atoms with Crippen molar-refractivity contribution in [1.29, 1.82) is 0 Å². The van der Waals surface area contributed by atoms with Gasteiger partial charge >= 0.3 is 5.97 Å². The van der Waals surface area contributed by atoms with Crippen LogP contribution in [0.2, 0.25) is 0 Å². The number of benzene rings is 5. The molecule has 0 amide bonds. The molecular formula is C37H27NO2. The molecule has 0 bridgehead atoms. The minimum atomic E-state index is -0.347. The lowest BCUT2D eigenvalue weighted by molar-refractivity contribution is 0.0472. The fourth-order valence-electron chi connectivity index (χ4n) is 4.67. The van der Waals surface area contributed by atoms with Gasteiger partial charge in [-0.2, -0.15) is 0 Å². The minimum absolute atomic E-state index is 0.245. The topological polar surface area (TPSA) is 39.2 Å². The number of carbonyl (C=O) groups excluding carboxylic acids is 1. The highest BCUT2D eigenvalue weighted by Crippen LogP contribution is 2.31. The van der Waals surface area contributed by atoms with E-state index in [0.29, 0.717) is 5.56 Å². The van der Waals surface area contributed by atoms with Gasteiger partial charge in [0.05, 0.1) is 17.0 Å². The van der Waals surface area contributed by atoms with Crippen molar-refractivity contribution in [3.05, 3.63) is 163 Å². The fourth-order valence-corrected chi connectivity index (χ4v) is 4.67. The Bertz CT molecular complexity index is 1710. The molecule has 3 nitrogen and oxygen atoms in total.